The minimum Gasteiger partial charge on any atom is -0.378 e. The molecule has 0 aliphatic rings. The molecule has 0 aliphatic heterocycles. The van der Waals surface area contributed by atoms with Gasteiger partial charge < -0.3 is 10.6 Å². The van der Waals surface area contributed by atoms with E-state index in [0.717, 1.165) is 5.56 Å². The van der Waals surface area contributed by atoms with Gasteiger partial charge in [-0.25, -0.2) is 0 Å². The molecule has 23 heavy (non-hydrogen) atoms. The van der Waals surface area contributed by atoms with E-state index in [1.54, 1.807) is 36.4 Å². The van der Waals surface area contributed by atoms with E-state index < -0.39 is 4.92 Å². The standard InChI is InChI=1S/C16H16ClN3O3/c17-13-6-2-1-5-12(13)11-16(21)19-10-9-18-14-7-3-4-8-15(14)20(22)23/h1-8,18H,9-11H2,(H,19,21). The van der Waals surface area contributed by atoms with Crippen LogP contribution in [0.1, 0.15) is 5.56 Å². The van der Waals surface area contributed by atoms with Crippen molar-refractivity contribution >= 4 is 28.9 Å². The number of rotatable bonds is 7. The Morgan fingerprint density at radius 2 is 1.78 bits per heavy atom. The van der Waals surface area contributed by atoms with Crippen LogP contribution in [0.25, 0.3) is 0 Å². The Bertz CT molecular complexity index is 706. The molecule has 0 aliphatic carbocycles. The fourth-order valence-corrected chi connectivity index (χ4v) is 2.26. The van der Waals surface area contributed by atoms with Crippen LogP contribution in [0.3, 0.4) is 0 Å². The normalized spacial score (nSPS) is 10.1. The molecule has 0 heterocycles. The lowest BCUT2D eigenvalue weighted by atomic mass is 10.1. The third-order valence-electron chi connectivity index (χ3n) is 3.17. The zero-order valence-electron chi connectivity index (χ0n) is 12.3. The number of para-hydroxylation sites is 2. The molecule has 2 aromatic rings. The van der Waals surface area contributed by atoms with Gasteiger partial charge in [-0.2, -0.15) is 0 Å². The smallest absolute Gasteiger partial charge is 0.292 e. The molecule has 0 unspecified atom stereocenters. The van der Waals surface area contributed by atoms with Gasteiger partial charge in [0.1, 0.15) is 5.69 Å². The van der Waals surface area contributed by atoms with E-state index in [9.17, 15) is 14.9 Å². The molecule has 0 saturated heterocycles. The second kappa shape index (κ2) is 8.14. The Balaban J connectivity index is 1.79. The first-order valence-corrected chi connectivity index (χ1v) is 7.43. The third kappa shape index (κ3) is 4.96. The number of nitro benzene ring substituents is 1. The maximum atomic E-state index is 11.8. The van der Waals surface area contributed by atoms with Crippen molar-refractivity contribution in [3.63, 3.8) is 0 Å². The average Bonchev–Trinajstić information content (AvgIpc) is 2.54. The summed E-state index contributed by atoms with van der Waals surface area (Å²) in [5.74, 6) is -0.150. The van der Waals surface area contributed by atoms with Crippen molar-refractivity contribution in [3.8, 4) is 0 Å². The Morgan fingerprint density at radius 1 is 1.09 bits per heavy atom. The summed E-state index contributed by atoms with van der Waals surface area (Å²) in [6, 6.07) is 13.5. The van der Waals surface area contributed by atoms with Crippen LogP contribution >= 0.6 is 11.6 Å². The van der Waals surface area contributed by atoms with Gasteiger partial charge in [-0.05, 0) is 17.7 Å². The number of nitrogens with zero attached hydrogens (tertiary/aromatic N) is 1. The summed E-state index contributed by atoms with van der Waals surface area (Å²) < 4.78 is 0. The van der Waals surface area contributed by atoms with Gasteiger partial charge in [0.15, 0.2) is 0 Å². The van der Waals surface area contributed by atoms with Crippen molar-refractivity contribution in [2.24, 2.45) is 0 Å². The molecule has 7 heteroatoms. The van der Waals surface area contributed by atoms with Gasteiger partial charge in [-0.3, -0.25) is 14.9 Å². The molecule has 1 amide bonds. The summed E-state index contributed by atoms with van der Waals surface area (Å²) in [6.07, 6.45) is 0.200. The molecule has 0 saturated carbocycles. The quantitative estimate of drug-likeness (QED) is 0.463. The number of nitrogens with one attached hydrogen (secondary N) is 2. The minimum absolute atomic E-state index is 0.00916. The Hall–Kier alpha value is -2.60. The molecule has 0 atom stereocenters. The average molecular weight is 334 g/mol. The first-order valence-electron chi connectivity index (χ1n) is 7.05. The van der Waals surface area contributed by atoms with Crippen molar-refractivity contribution in [1.82, 2.24) is 5.32 Å². The van der Waals surface area contributed by atoms with Crippen molar-refractivity contribution in [2.75, 3.05) is 18.4 Å². The molecule has 0 radical (unpaired) electrons. The number of benzene rings is 2. The number of halogens is 1. The van der Waals surface area contributed by atoms with Crippen molar-refractivity contribution in [2.45, 2.75) is 6.42 Å². The lowest BCUT2D eigenvalue weighted by molar-refractivity contribution is -0.384. The van der Waals surface area contributed by atoms with Crippen LogP contribution in [-0.2, 0) is 11.2 Å². The summed E-state index contributed by atoms with van der Waals surface area (Å²) in [7, 11) is 0. The highest BCUT2D eigenvalue weighted by atomic mass is 35.5. The molecular weight excluding hydrogens is 318 g/mol. The predicted molar refractivity (Wildman–Crippen MR) is 89.8 cm³/mol. The number of nitro groups is 1. The maximum absolute atomic E-state index is 11.8. The molecule has 2 aromatic carbocycles. The molecule has 120 valence electrons. The number of hydrogen-bond acceptors (Lipinski definition) is 4. The highest BCUT2D eigenvalue weighted by Gasteiger charge is 2.11. The van der Waals surface area contributed by atoms with Gasteiger partial charge in [0.2, 0.25) is 5.91 Å². The van der Waals surface area contributed by atoms with Crippen LogP contribution in [0.2, 0.25) is 5.02 Å². The van der Waals surface area contributed by atoms with Crippen molar-refractivity contribution < 1.29 is 9.72 Å². The fraction of sp³-hybridized carbons (Fsp3) is 0.188. The van der Waals surface area contributed by atoms with Crippen molar-refractivity contribution in [1.29, 1.82) is 0 Å². The topological polar surface area (TPSA) is 84.3 Å². The number of hydrogen-bond donors (Lipinski definition) is 2. The van der Waals surface area contributed by atoms with Gasteiger partial charge in [-0.15, -0.1) is 0 Å². The van der Waals surface area contributed by atoms with E-state index in [4.69, 9.17) is 11.6 Å². The van der Waals surface area contributed by atoms with Gasteiger partial charge in [0.05, 0.1) is 11.3 Å². The monoisotopic (exact) mass is 333 g/mol. The lowest BCUT2D eigenvalue weighted by Crippen LogP contribution is -2.30. The third-order valence-corrected chi connectivity index (χ3v) is 3.54. The van der Waals surface area contributed by atoms with Crippen LogP contribution in [0, 0.1) is 10.1 Å². The molecular formula is C16H16ClN3O3. The van der Waals surface area contributed by atoms with Gasteiger partial charge >= 0.3 is 0 Å². The summed E-state index contributed by atoms with van der Waals surface area (Å²) in [5.41, 5.74) is 1.20. The summed E-state index contributed by atoms with van der Waals surface area (Å²) in [6.45, 7) is 0.744. The second-order valence-electron chi connectivity index (χ2n) is 4.82. The van der Waals surface area contributed by atoms with Gasteiger partial charge in [0.25, 0.3) is 5.69 Å². The number of carbonyl (C=O) groups excluding carboxylic acids is 1. The summed E-state index contributed by atoms with van der Waals surface area (Å²) in [5, 5.41) is 17.1. The van der Waals surface area contributed by atoms with E-state index >= 15 is 0 Å². The molecule has 2 rings (SSSR count). The fourth-order valence-electron chi connectivity index (χ4n) is 2.06. The molecule has 0 spiro atoms. The van der Waals surface area contributed by atoms with E-state index in [2.05, 4.69) is 10.6 Å². The zero-order chi connectivity index (χ0) is 16.7. The largest absolute Gasteiger partial charge is 0.378 e. The van der Waals surface area contributed by atoms with Crippen LogP contribution < -0.4 is 10.6 Å². The maximum Gasteiger partial charge on any atom is 0.292 e. The summed E-state index contributed by atoms with van der Waals surface area (Å²) in [4.78, 5) is 22.3. The Morgan fingerprint density at radius 3 is 2.52 bits per heavy atom. The van der Waals surface area contributed by atoms with E-state index in [1.165, 1.54) is 6.07 Å². The van der Waals surface area contributed by atoms with E-state index in [0.29, 0.717) is 23.8 Å². The lowest BCUT2D eigenvalue weighted by Gasteiger charge is -2.09. The highest BCUT2D eigenvalue weighted by molar-refractivity contribution is 6.31. The Labute approximate surface area is 138 Å². The Kier molecular flexibility index (Phi) is 5.94. The SMILES string of the molecule is O=C(Cc1ccccc1Cl)NCCNc1ccccc1[N+](=O)[O-]. The van der Waals surface area contributed by atoms with Crippen LogP contribution in [0.5, 0.6) is 0 Å². The second-order valence-corrected chi connectivity index (χ2v) is 5.23. The summed E-state index contributed by atoms with van der Waals surface area (Å²) >= 11 is 6.00. The predicted octanol–water partition coefficient (Wildman–Crippen LogP) is 3.02. The van der Waals surface area contributed by atoms with Crippen LogP contribution in [-0.4, -0.2) is 23.9 Å². The number of carbonyl (C=O) groups is 1. The first-order chi connectivity index (χ1) is 11.1. The van der Waals surface area contributed by atoms with E-state index in [-0.39, 0.29) is 18.0 Å². The van der Waals surface area contributed by atoms with Gasteiger partial charge in [-0.1, -0.05) is 41.9 Å². The van der Waals surface area contributed by atoms with Crippen molar-refractivity contribution in [3.05, 3.63) is 69.2 Å². The molecule has 2 N–H and O–H groups in total. The number of amides is 1. The number of anilines is 1. The molecule has 6 nitrogen and oxygen atoms in total. The minimum atomic E-state index is -0.446. The van der Waals surface area contributed by atoms with E-state index in [1.807, 2.05) is 6.07 Å². The first kappa shape index (κ1) is 16.8. The zero-order valence-corrected chi connectivity index (χ0v) is 13.0. The molecule has 0 fully saturated rings. The molecule has 0 aromatic heterocycles. The van der Waals surface area contributed by atoms with Crippen LogP contribution in [0.4, 0.5) is 11.4 Å². The highest BCUT2D eigenvalue weighted by Crippen LogP contribution is 2.22. The van der Waals surface area contributed by atoms with Gasteiger partial charge in [0, 0.05) is 24.2 Å². The van der Waals surface area contributed by atoms with Crippen LogP contribution in [0.15, 0.2) is 48.5 Å². The molecule has 0 bridgehead atoms.